The number of nitrogens with zero attached hydrogens (tertiary/aromatic N) is 4. The van der Waals surface area contributed by atoms with Crippen LogP contribution < -0.4 is 0 Å². The highest BCUT2D eigenvalue weighted by molar-refractivity contribution is 7.15. The lowest BCUT2D eigenvalue weighted by Gasteiger charge is -1.89. The molecule has 0 saturated heterocycles. The van der Waals surface area contributed by atoms with Gasteiger partial charge >= 0.3 is 0 Å². The van der Waals surface area contributed by atoms with Crippen LogP contribution in [0.4, 0.5) is 0 Å². The molecule has 6 heteroatoms. The van der Waals surface area contributed by atoms with Crippen molar-refractivity contribution in [2.75, 3.05) is 0 Å². The van der Waals surface area contributed by atoms with E-state index in [4.69, 9.17) is 4.52 Å². The minimum absolute atomic E-state index is 0.490. The summed E-state index contributed by atoms with van der Waals surface area (Å²) < 4.78 is 7.30. The molecular weight excluding hydrogens is 236 g/mol. The molecule has 0 aromatic carbocycles. The van der Waals surface area contributed by atoms with E-state index in [1.807, 2.05) is 16.0 Å². The molecule has 0 radical (unpaired) electrons. The van der Waals surface area contributed by atoms with Crippen molar-refractivity contribution in [3.8, 4) is 11.6 Å². The van der Waals surface area contributed by atoms with Gasteiger partial charge in [0.25, 0.3) is 5.89 Å². The molecule has 1 aliphatic carbocycles. The summed E-state index contributed by atoms with van der Waals surface area (Å²) in [5.41, 5.74) is 0.926. The Bertz CT molecular complexity index is 682. The zero-order valence-electron chi connectivity index (χ0n) is 9.20. The quantitative estimate of drug-likeness (QED) is 0.697. The van der Waals surface area contributed by atoms with E-state index in [0.717, 1.165) is 16.3 Å². The molecule has 17 heavy (non-hydrogen) atoms. The first-order valence-electron chi connectivity index (χ1n) is 5.56. The Labute approximate surface area is 101 Å². The van der Waals surface area contributed by atoms with Gasteiger partial charge in [-0.05, 0) is 12.3 Å². The molecule has 1 aliphatic rings. The van der Waals surface area contributed by atoms with E-state index in [1.54, 1.807) is 17.7 Å². The van der Waals surface area contributed by atoms with Crippen molar-refractivity contribution in [2.24, 2.45) is 5.92 Å². The molecule has 0 amide bonds. The lowest BCUT2D eigenvalue weighted by Crippen LogP contribution is -1.86. The largest absolute Gasteiger partial charge is 0.332 e. The van der Waals surface area contributed by atoms with Gasteiger partial charge in [0.2, 0.25) is 0 Å². The standard InChI is InChI=1S/C11H10N4OS/c1-6-2-7(6)10-13-11(16-14-10)8-4-17-9-3-12-5-15(8)9/h3-7H,2H2,1H3. The number of rotatable bonds is 2. The molecule has 3 heterocycles. The van der Waals surface area contributed by atoms with E-state index in [9.17, 15) is 0 Å². The highest BCUT2D eigenvalue weighted by atomic mass is 32.1. The van der Waals surface area contributed by atoms with Crippen molar-refractivity contribution in [3.63, 3.8) is 0 Å². The van der Waals surface area contributed by atoms with E-state index in [2.05, 4.69) is 22.0 Å². The summed E-state index contributed by atoms with van der Waals surface area (Å²) in [5.74, 6) is 2.61. The van der Waals surface area contributed by atoms with Crippen molar-refractivity contribution < 1.29 is 4.52 Å². The zero-order valence-corrected chi connectivity index (χ0v) is 10.0. The van der Waals surface area contributed by atoms with Crippen LogP contribution in [-0.4, -0.2) is 19.5 Å². The van der Waals surface area contributed by atoms with Gasteiger partial charge in [-0.3, -0.25) is 4.40 Å². The molecule has 3 aromatic rings. The normalized spacial score (nSPS) is 23.4. The van der Waals surface area contributed by atoms with Crippen LogP contribution in [0.5, 0.6) is 0 Å². The molecule has 0 bridgehead atoms. The molecule has 0 N–H and O–H groups in total. The van der Waals surface area contributed by atoms with E-state index in [1.165, 1.54) is 6.42 Å². The summed E-state index contributed by atoms with van der Waals surface area (Å²) in [6.45, 7) is 2.21. The average molecular weight is 246 g/mol. The van der Waals surface area contributed by atoms with Crippen molar-refractivity contribution >= 4 is 16.2 Å². The fourth-order valence-corrected chi connectivity index (χ4v) is 2.88. The van der Waals surface area contributed by atoms with Crippen molar-refractivity contribution in [3.05, 3.63) is 23.7 Å². The molecule has 2 unspecified atom stereocenters. The van der Waals surface area contributed by atoms with E-state index >= 15 is 0 Å². The molecule has 86 valence electrons. The van der Waals surface area contributed by atoms with Gasteiger partial charge in [-0.1, -0.05) is 12.1 Å². The number of aromatic nitrogens is 4. The minimum Gasteiger partial charge on any atom is -0.332 e. The van der Waals surface area contributed by atoms with Gasteiger partial charge in [-0.15, -0.1) is 11.3 Å². The van der Waals surface area contributed by atoms with Crippen molar-refractivity contribution in [2.45, 2.75) is 19.3 Å². The zero-order chi connectivity index (χ0) is 11.4. The maximum absolute atomic E-state index is 5.33. The number of hydrogen-bond acceptors (Lipinski definition) is 5. The van der Waals surface area contributed by atoms with Gasteiger partial charge in [0, 0.05) is 11.3 Å². The number of fused-ring (bicyclic) bond motifs is 1. The van der Waals surface area contributed by atoms with Crippen LogP contribution in [0.2, 0.25) is 0 Å². The van der Waals surface area contributed by atoms with Gasteiger partial charge in [0.05, 0.1) is 6.20 Å². The average Bonchev–Trinajstić information content (AvgIpc) is 2.81. The van der Waals surface area contributed by atoms with E-state index in [0.29, 0.717) is 17.7 Å². The SMILES string of the molecule is CC1CC1c1noc(-c2csc3cncn23)n1. The Morgan fingerprint density at radius 2 is 2.41 bits per heavy atom. The topological polar surface area (TPSA) is 56.2 Å². The molecule has 2 atom stereocenters. The number of thiazole rings is 1. The first-order valence-corrected chi connectivity index (χ1v) is 6.44. The summed E-state index contributed by atoms with van der Waals surface area (Å²) in [5, 5.41) is 6.08. The highest BCUT2D eigenvalue weighted by Crippen LogP contribution is 2.45. The van der Waals surface area contributed by atoms with E-state index < -0.39 is 0 Å². The molecule has 5 nitrogen and oxygen atoms in total. The van der Waals surface area contributed by atoms with Crippen LogP contribution in [0.1, 0.15) is 25.1 Å². The van der Waals surface area contributed by atoms with Gasteiger partial charge in [-0.25, -0.2) is 4.98 Å². The molecule has 3 aromatic heterocycles. The smallest absolute Gasteiger partial charge is 0.275 e. The molecule has 1 fully saturated rings. The second kappa shape index (κ2) is 3.16. The summed E-state index contributed by atoms with van der Waals surface area (Å²) >= 11 is 1.62. The van der Waals surface area contributed by atoms with Gasteiger partial charge in [0.1, 0.15) is 16.9 Å². The summed E-state index contributed by atoms with van der Waals surface area (Å²) in [7, 11) is 0. The van der Waals surface area contributed by atoms with Gasteiger partial charge in [-0.2, -0.15) is 4.98 Å². The third-order valence-corrected chi connectivity index (χ3v) is 4.14. The molecular formula is C11H10N4OS. The predicted octanol–water partition coefficient (Wildman–Crippen LogP) is 2.57. The van der Waals surface area contributed by atoms with Crippen LogP contribution >= 0.6 is 11.3 Å². The van der Waals surface area contributed by atoms with Crippen LogP contribution in [0, 0.1) is 5.92 Å². The predicted molar refractivity (Wildman–Crippen MR) is 62.9 cm³/mol. The third kappa shape index (κ3) is 1.33. The van der Waals surface area contributed by atoms with Crippen LogP contribution in [-0.2, 0) is 0 Å². The maximum Gasteiger partial charge on any atom is 0.275 e. The monoisotopic (exact) mass is 246 g/mol. The van der Waals surface area contributed by atoms with Crippen LogP contribution in [0.3, 0.4) is 0 Å². The van der Waals surface area contributed by atoms with Crippen molar-refractivity contribution in [1.82, 2.24) is 19.5 Å². The Hall–Kier alpha value is -1.69. The molecule has 4 rings (SSSR count). The number of hydrogen-bond donors (Lipinski definition) is 0. The lowest BCUT2D eigenvalue weighted by atomic mass is 10.3. The first kappa shape index (κ1) is 9.35. The fourth-order valence-electron chi connectivity index (χ4n) is 2.05. The van der Waals surface area contributed by atoms with Crippen LogP contribution in [0.25, 0.3) is 16.4 Å². The maximum atomic E-state index is 5.33. The molecule has 0 aliphatic heterocycles. The summed E-state index contributed by atoms with van der Waals surface area (Å²) in [6.07, 6.45) is 4.77. The lowest BCUT2D eigenvalue weighted by molar-refractivity contribution is 0.420. The Morgan fingerprint density at radius 3 is 3.24 bits per heavy atom. The highest BCUT2D eigenvalue weighted by Gasteiger charge is 2.38. The van der Waals surface area contributed by atoms with E-state index in [-0.39, 0.29) is 0 Å². The Kier molecular flexibility index (Phi) is 1.74. The van der Waals surface area contributed by atoms with Crippen LogP contribution in [0.15, 0.2) is 22.4 Å². The Balaban J connectivity index is 1.79. The van der Waals surface area contributed by atoms with Crippen molar-refractivity contribution in [1.29, 1.82) is 0 Å². The fraction of sp³-hybridized carbons (Fsp3) is 0.364. The summed E-state index contributed by atoms with van der Waals surface area (Å²) in [4.78, 5) is 9.66. The minimum atomic E-state index is 0.490. The first-order chi connectivity index (χ1) is 8.33. The Morgan fingerprint density at radius 1 is 1.53 bits per heavy atom. The van der Waals surface area contributed by atoms with Gasteiger partial charge < -0.3 is 4.52 Å². The third-order valence-electron chi connectivity index (χ3n) is 3.26. The second-order valence-corrected chi connectivity index (χ2v) is 5.39. The summed E-state index contributed by atoms with van der Waals surface area (Å²) in [6, 6.07) is 0. The second-order valence-electron chi connectivity index (χ2n) is 4.50. The number of imidazole rings is 1. The molecule has 1 saturated carbocycles. The molecule has 0 spiro atoms. The van der Waals surface area contributed by atoms with Gasteiger partial charge in [0.15, 0.2) is 5.82 Å².